The summed E-state index contributed by atoms with van der Waals surface area (Å²) in [5, 5.41) is 7.42. The summed E-state index contributed by atoms with van der Waals surface area (Å²) < 4.78 is 1.59. The molecule has 0 saturated carbocycles. The largest absolute Gasteiger partial charge is 0.399 e. The predicted octanol–water partition coefficient (Wildman–Crippen LogP) is -0.205. The van der Waals surface area contributed by atoms with Crippen LogP contribution in [0.4, 0.5) is 0 Å². The SMILES string of the molecule is CON=Cc1ncn(C)n1. The average Bonchev–Trinajstić information content (AvgIpc) is 2.31. The van der Waals surface area contributed by atoms with E-state index in [-0.39, 0.29) is 0 Å². The molecular weight excluding hydrogens is 132 g/mol. The predicted molar refractivity (Wildman–Crippen MR) is 35.6 cm³/mol. The molecule has 0 N–H and O–H groups in total. The highest BCUT2D eigenvalue weighted by molar-refractivity contribution is 5.73. The highest BCUT2D eigenvalue weighted by Crippen LogP contribution is 1.81. The lowest BCUT2D eigenvalue weighted by atomic mass is 10.7. The van der Waals surface area contributed by atoms with Gasteiger partial charge in [-0.15, -0.1) is 0 Å². The molecule has 1 rings (SSSR count). The smallest absolute Gasteiger partial charge is 0.195 e. The molecular formula is C5H8N4O. The van der Waals surface area contributed by atoms with Crippen LogP contribution in [0.1, 0.15) is 5.82 Å². The van der Waals surface area contributed by atoms with Gasteiger partial charge in [0.05, 0.1) is 0 Å². The summed E-state index contributed by atoms with van der Waals surface area (Å²) in [5.41, 5.74) is 0. The van der Waals surface area contributed by atoms with Crippen LogP contribution >= 0.6 is 0 Å². The van der Waals surface area contributed by atoms with Crippen LogP contribution in [0.2, 0.25) is 0 Å². The van der Waals surface area contributed by atoms with Crippen molar-refractivity contribution in [2.45, 2.75) is 0 Å². The lowest BCUT2D eigenvalue weighted by molar-refractivity contribution is 0.215. The van der Waals surface area contributed by atoms with Crippen molar-refractivity contribution < 1.29 is 4.84 Å². The van der Waals surface area contributed by atoms with Crippen LogP contribution in [0.15, 0.2) is 11.5 Å². The van der Waals surface area contributed by atoms with Gasteiger partial charge in [-0.1, -0.05) is 5.16 Å². The van der Waals surface area contributed by atoms with Gasteiger partial charge in [0.1, 0.15) is 19.7 Å². The Morgan fingerprint density at radius 2 is 2.60 bits per heavy atom. The Kier molecular flexibility index (Phi) is 1.99. The van der Waals surface area contributed by atoms with Crippen molar-refractivity contribution in [2.75, 3.05) is 7.11 Å². The van der Waals surface area contributed by atoms with Gasteiger partial charge in [0.15, 0.2) is 5.82 Å². The lowest BCUT2D eigenvalue weighted by Gasteiger charge is -1.81. The molecule has 5 heteroatoms. The Hall–Kier alpha value is -1.39. The van der Waals surface area contributed by atoms with E-state index in [1.165, 1.54) is 13.3 Å². The van der Waals surface area contributed by atoms with Gasteiger partial charge in [-0.3, -0.25) is 4.68 Å². The summed E-state index contributed by atoms with van der Waals surface area (Å²) in [6.07, 6.45) is 3.04. The first-order valence-corrected chi connectivity index (χ1v) is 2.75. The van der Waals surface area contributed by atoms with Gasteiger partial charge < -0.3 is 4.84 Å². The van der Waals surface area contributed by atoms with E-state index in [9.17, 15) is 0 Å². The molecule has 0 saturated heterocycles. The van der Waals surface area contributed by atoms with Gasteiger partial charge in [0.2, 0.25) is 0 Å². The average molecular weight is 140 g/mol. The lowest BCUT2D eigenvalue weighted by Crippen LogP contribution is -1.90. The molecule has 1 aromatic rings. The number of hydrogen-bond donors (Lipinski definition) is 0. The fourth-order valence-electron chi connectivity index (χ4n) is 0.515. The van der Waals surface area contributed by atoms with Crippen LogP contribution in [-0.2, 0) is 11.9 Å². The van der Waals surface area contributed by atoms with Crippen molar-refractivity contribution in [3.05, 3.63) is 12.2 Å². The Bertz CT molecular complexity index is 229. The van der Waals surface area contributed by atoms with Crippen LogP contribution in [0.3, 0.4) is 0 Å². The molecule has 0 aliphatic heterocycles. The highest BCUT2D eigenvalue weighted by atomic mass is 16.6. The fourth-order valence-corrected chi connectivity index (χ4v) is 0.515. The normalized spacial score (nSPS) is 10.6. The zero-order valence-electron chi connectivity index (χ0n) is 5.85. The summed E-state index contributed by atoms with van der Waals surface area (Å²) in [6, 6.07) is 0. The molecule has 10 heavy (non-hydrogen) atoms. The van der Waals surface area contributed by atoms with Crippen molar-refractivity contribution in [3.63, 3.8) is 0 Å². The molecule has 0 aliphatic carbocycles. The number of nitrogens with zero attached hydrogens (tertiary/aromatic N) is 4. The molecule has 54 valence electrons. The molecule has 0 aromatic carbocycles. The quantitative estimate of drug-likeness (QED) is 0.422. The third-order valence-corrected chi connectivity index (χ3v) is 0.891. The van der Waals surface area contributed by atoms with E-state index in [0.29, 0.717) is 5.82 Å². The van der Waals surface area contributed by atoms with Crippen molar-refractivity contribution >= 4 is 6.21 Å². The Labute approximate surface area is 58.3 Å². The number of rotatable bonds is 2. The third-order valence-electron chi connectivity index (χ3n) is 0.891. The van der Waals surface area contributed by atoms with E-state index >= 15 is 0 Å². The second-order valence-electron chi connectivity index (χ2n) is 1.69. The van der Waals surface area contributed by atoms with Crippen LogP contribution in [0.5, 0.6) is 0 Å². The zero-order valence-corrected chi connectivity index (χ0v) is 5.85. The first kappa shape index (κ1) is 6.73. The maximum Gasteiger partial charge on any atom is 0.195 e. The van der Waals surface area contributed by atoms with Crippen molar-refractivity contribution in [2.24, 2.45) is 12.2 Å². The van der Waals surface area contributed by atoms with E-state index in [1.54, 1.807) is 18.1 Å². The minimum absolute atomic E-state index is 0.546. The van der Waals surface area contributed by atoms with Gasteiger partial charge in [-0.05, 0) is 0 Å². The van der Waals surface area contributed by atoms with E-state index in [1.807, 2.05) is 0 Å². The molecule has 0 spiro atoms. The summed E-state index contributed by atoms with van der Waals surface area (Å²) in [6.45, 7) is 0. The molecule has 1 aromatic heterocycles. The number of hydrogen-bond acceptors (Lipinski definition) is 4. The van der Waals surface area contributed by atoms with Crippen molar-refractivity contribution in [1.82, 2.24) is 14.8 Å². The summed E-state index contributed by atoms with van der Waals surface area (Å²) in [4.78, 5) is 8.31. The highest BCUT2D eigenvalue weighted by Gasteiger charge is 1.90. The first-order valence-electron chi connectivity index (χ1n) is 2.75. The Morgan fingerprint density at radius 1 is 1.80 bits per heavy atom. The fraction of sp³-hybridized carbons (Fsp3) is 0.400. The monoisotopic (exact) mass is 140 g/mol. The molecule has 0 aliphatic rings. The van der Waals surface area contributed by atoms with Gasteiger partial charge in [0, 0.05) is 7.05 Å². The second kappa shape index (κ2) is 2.95. The number of aromatic nitrogens is 3. The van der Waals surface area contributed by atoms with E-state index < -0.39 is 0 Å². The van der Waals surface area contributed by atoms with Crippen LogP contribution in [-0.4, -0.2) is 28.1 Å². The Balaban J connectivity index is 2.67. The van der Waals surface area contributed by atoms with Gasteiger partial charge in [0.25, 0.3) is 0 Å². The van der Waals surface area contributed by atoms with Crippen LogP contribution in [0.25, 0.3) is 0 Å². The second-order valence-corrected chi connectivity index (χ2v) is 1.69. The van der Waals surface area contributed by atoms with Crippen LogP contribution in [0, 0.1) is 0 Å². The molecule has 0 fully saturated rings. The topological polar surface area (TPSA) is 52.3 Å². The van der Waals surface area contributed by atoms with Gasteiger partial charge in [-0.25, -0.2) is 4.98 Å². The minimum atomic E-state index is 0.546. The summed E-state index contributed by atoms with van der Waals surface area (Å²) in [5.74, 6) is 0.546. The maximum atomic E-state index is 4.44. The summed E-state index contributed by atoms with van der Waals surface area (Å²) in [7, 11) is 3.26. The molecule has 0 radical (unpaired) electrons. The zero-order chi connectivity index (χ0) is 7.40. The third kappa shape index (κ3) is 1.54. The van der Waals surface area contributed by atoms with Gasteiger partial charge in [-0.2, -0.15) is 5.10 Å². The molecule has 0 atom stereocenters. The molecule has 5 nitrogen and oxygen atoms in total. The molecule has 0 bridgehead atoms. The van der Waals surface area contributed by atoms with Gasteiger partial charge >= 0.3 is 0 Å². The first-order chi connectivity index (χ1) is 4.83. The summed E-state index contributed by atoms with van der Waals surface area (Å²) >= 11 is 0. The number of oxime groups is 1. The standard InChI is InChI=1S/C5H8N4O/c1-9-4-6-5(8-9)3-7-10-2/h3-4H,1-2H3. The van der Waals surface area contributed by atoms with Crippen molar-refractivity contribution in [1.29, 1.82) is 0 Å². The molecule has 1 heterocycles. The molecule has 0 unspecified atom stereocenters. The Morgan fingerprint density at radius 3 is 3.10 bits per heavy atom. The van der Waals surface area contributed by atoms with E-state index in [0.717, 1.165) is 0 Å². The minimum Gasteiger partial charge on any atom is -0.399 e. The van der Waals surface area contributed by atoms with Crippen molar-refractivity contribution in [3.8, 4) is 0 Å². The van der Waals surface area contributed by atoms with E-state index in [2.05, 4.69) is 20.1 Å². The van der Waals surface area contributed by atoms with E-state index in [4.69, 9.17) is 0 Å². The maximum absolute atomic E-state index is 4.44. The van der Waals surface area contributed by atoms with Crippen LogP contribution < -0.4 is 0 Å². The molecule has 0 amide bonds. The number of aryl methyl sites for hydroxylation is 1.